The molecule has 2 aliphatic rings. The molecule has 1 aliphatic carbocycles. The minimum Gasteiger partial charge on any atom is -0.373 e. The van der Waals surface area contributed by atoms with E-state index in [1.165, 1.54) is 16.1 Å². The van der Waals surface area contributed by atoms with Gasteiger partial charge in [-0.3, -0.25) is 14.6 Å². The third-order valence-corrected chi connectivity index (χ3v) is 8.39. The predicted octanol–water partition coefficient (Wildman–Crippen LogP) is 4.20. The van der Waals surface area contributed by atoms with Crippen LogP contribution in [0.25, 0.3) is 0 Å². The smallest absolute Gasteiger partial charge is 0.335 e. The Bertz CT molecular complexity index is 1210. The molecule has 0 bridgehead atoms. The summed E-state index contributed by atoms with van der Waals surface area (Å²) >= 11 is 0. The van der Waals surface area contributed by atoms with Crippen molar-refractivity contribution in [3.8, 4) is 0 Å². The summed E-state index contributed by atoms with van der Waals surface area (Å²) in [5, 5.41) is 2.60. The van der Waals surface area contributed by atoms with Gasteiger partial charge in [0.2, 0.25) is 6.41 Å². The van der Waals surface area contributed by atoms with Crippen LogP contribution in [0.3, 0.4) is 0 Å². The minimum absolute atomic E-state index is 0.0849. The SMILES string of the molecule is CC1CC(CCN(C=O)N2C(=O)COC(C)(C)C2c2ccc(F)c(F)c2)CCC1(C(=O)ON)c1ccccc1. The molecule has 0 spiro atoms. The van der Waals surface area contributed by atoms with E-state index < -0.39 is 40.6 Å². The molecule has 1 aliphatic heterocycles. The van der Waals surface area contributed by atoms with Crippen molar-refractivity contribution in [1.82, 2.24) is 10.0 Å². The zero-order chi connectivity index (χ0) is 28.4. The van der Waals surface area contributed by atoms with Crippen molar-refractivity contribution in [2.75, 3.05) is 13.2 Å². The van der Waals surface area contributed by atoms with Crippen molar-refractivity contribution < 1.29 is 32.7 Å². The van der Waals surface area contributed by atoms with Gasteiger partial charge in [0, 0.05) is 6.54 Å². The number of hydrogen-bond acceptors (Lipinski definition) is 6. The summed E-state index contributed by atoms with van der Waals surface area (Å²) in [6.45, 7) is 5.45. The summed E-state index contributed by atoms with van der Waals surface area (Å²) in [5.41, 5.74) is -0.662. The van der Waals surface area contributed by atoms with Crippen molar-refractivity contribution in [1.29, 1.82) is 0 Å². The first-order chi connectivity index (χ1) is 18.5. The summed E-state index contributed by atoms with van der Waals surface area (Å²) in [4.78, 5) is 43.0. The number of amides is 2. The molecule has 2 N–H and O–H groups in total. The van der Waals surface area contributed by atoms with Crippen LogP contribution in [0.2, 0.25) is 0 Å². The van der Waals surface area contributed by atoms with Gasteiger partial charge >= 0.3 is 5.97 Å². The number of halogens is 2. The van der Waals surface area contributed by atoms with E-state index in [4.69, 9.17) is 15.5 Å². The summed E-state index contributed by atoms with van der Waals surface area (Å²) in [6, 6.07) is 12.0. The van der Waals surface area contributed by atoms with Gasteiger partial charge in [0.25, 0.3) is 5.91 Å². The first kappa shape index (κ1) is 28.6. The van der Waals surface area contributed by atoms with Crippen LogP contribution < -0.4 is 5.90 Å². The lowest BCUT2D eigenvalue weighted by Gasteiger charge is -2.49. The Labute approximate surface area is 227 Å². The van der Waals surface area contributed by atoms with Gasteiger partial charge in [-0.15, -0.1) is 0 Å². The van der Waals surface area contributed by atoms with Gasteiger partial charge < -0.3 is 9.57 Å². The van der Waals surface area contributed by atoms with E-state index in [-0.39, 0.29) is 25.0 Å². The average Bonchev–Trinajstić information content (AvgIpc) is 2.92. The number of hydrogen-bond donors (Lipinski definition) is 1. The number of rotatable bonds is 8. The van der Waals surface area contributed by atoms with E-state index in [0.29, 0.717) is 37.7 Å². The van der Waals surface area contributed by atoms with Crippen LogP contribution in [0, 0.1) is 23.5 Å². The lowest BCUT2D eigenvalue weighted by molar-refractivity contribution is -0.207. The number of hydrazine groups is 1. The Hall–Kier alpha value is -3.37. The highest BCUT2D eigenvalue weighted by atomic mass is 19.2. The molecular formula is C29H35F2N3O5. The van der Waals surface area contributed by atoms with Gasteiger partial charge in [0.15, 0.2) is 11.6 Å². The van der Waals surface area contributed by atoms with Crippen LogP contribution in [0.5, 0.6) is 0 Å². The molecule has 1 heterocycles. The zero-order valence-electron chi connectivity index (χ0n) is 22.4. The first-order valence-electron chi connectivity index (χ1n) is 13.1. The molecule has 0 radical (unpaired) electrons. The highest BCUT2D eigenvalue weighted by Gasteiger charge is 2.50. The van der Waals surface area contributed by atoms with Crippen LogP contribution in [0.1, 0.15) is 63.6 Å². The molecule has 1 saturated heterocycles. The number of benzene rings is 2. The molecule has 0 aromatic heterocycles. The zero-order valence-corrected chi connectivity index (χ0v) is 22.4. The van der Waals surface area contributed by atoms with E-state index in [9.17, 15) is 23.2 Å². The van der Waals surface area contributed by atoms with E-state index in [0.717, 1.165) is 17.7 Å². The summed E-state index contributed by atoms with van der Waals surface area (Å²) in [5.74, 6) is 2.45. The molecule has 1 saturated carbocycles. The van der Waals surface area contributed by atoms with Gasteiger partial charge in [-0.2, -0.15) is 5.90 Å². The molecule has 2 aromatic carbocycles. The number of carbonyl (C=O) groups excluding carboxylic acids is 3. The summed E-state index contributed by atoms with van der Waals surface area (Å²) in [7, 11) is 0. The highest BCUT2D eigenvalue weighted by molar-refractivity contribution is 5.83. The van der Waals surface area contributed by atoms with Crippen LogP contribution in [-0.4, -0.2) is 47.1 Å². The Morgan fingerprint density at radius 1 is 1.21 bits per heavy atom. The lowest BCUT2D eigenvalue weighted by Crippen LogP contribution is -2.60. The number of ether oxygens (including phenoxy) is 1. The van der Waals surface area contributed by atoms with Crippen molar-refractivity contribution in [3.05, 3.63) is 71.3 Å². The fourth-order valence-electron chi connectivity index (χ4n) is 6.32. The molecule has 2 amide bonds. The van der Waals surface area contributed by atoms with Crippen molar-refractivity contribution in [3.63, 3.8) is 0 Å². The molecule has 4 unspecified atom stereocenters. The second-order valence-electron chi connectivity index (χ2n) is 11.0. The third-order valence-electron chi connectivity index (χ3n) is 8.39. The predicted molar refractivity (Wildman–Crippen MR) is 138 cm³/mol. The van der Waals surface area contributed by atoms with E-state index >= 15 is 0 Å². The van der Waals surface area contributed by atoms with Gasteiger partial charge in [0.1, 0.15) is 12.6 Å². The van der Waals surface area contributed by atoms with Gasteiger partial charge in [-0.1, -0.05) is 43.3 Å². The standard InChI is InChI=1S/C29H35F2N3O5/c1-19-15-20(11-13-29(19,27(37)39-32)22-7-5-4-6-8-22)12-14-33(18-35)34-25(36)17-38-28(2,3)26(34)21-9-10-23(30)24(31)16-21/h4-10,16,18-20,26H,11-15,17,32H2,1-3H3. The molecule has 39 heavy (non-hydrogen) atoms. The molecule has 4 atom stereocenters. The maximum Gasteiger partial charge on any atom is 0.335 e. The second kappa shape index (κ2) is 11.4. The molecule has 10 heteroatoms. The Morgan fingerprint density at radius 2 is 1.92 bits per heavy atom. The Kier molecular flexibility index (Phi) is 8.37. The van der Waals surface area contributed by atoms with E-state index in [1.807, 2.05) is 37.3 Å². The first-order valence-corrected chi connectivity index (χ1v) is 13.1. The Morgan fingerprint density at radius 3 is 2.54 bits per heavy atom. The monoisotopic (exact) mass is 543 g/mol. The second-order valence-corrected chi connectivity index (χ2v) is 11.0. The quantitative estimate of drug-likeness (QED) is 0.396. The van der Waals surface area contributed by atoms with Crippen LogP contribution in [0.4, 0.5) is 8.78 Å². The number of morpholine rings is 1. The lowest BCUT2D eigenvalue weighted by atomic mass is 9.60. The maximum absolute atomic E-state index is 14.1. The van der Waals surface area contributed by atoms with E-state index in [1.54, 1.807) is 13.8 Å². The van der Waals surface area contributed by atoms with Crippen molar-refractivity contribution in [2.24, 2.45) is 17.7 Å². The van der Waals surface area contributed by atoms with Gasteiger partial charge in [0.05, 0.1) is 11.0 Å². The Balaban J connectivity index is 1.53. The topological polar surface area (TPSA) is 102 Å². The number of nitrogens with zero attached hydrogens (tertiary/aromatic N) is 2. The minimum atomic E-state index is -1.05. The molecule has 2 fully saturated rings. The normalized spacial score (nSPS) is 26.7. The molecule has 210 valence electrons. The van der Waals surface area contributed by atoms with Crippen LogP contribution >= 0.6 is 0 Å². The fraction of sp³-hybridized carbons (Fsp3) is 0.483. The molecular weight excluding hydrogens is 508 g/mol. The summed E-state index contributed by atoms with van der Waals surface area (Å²) in [6.07, 6.45) is 3.06. The number of nitrogens with two attached hydrogens (primary N) is 1. The van der Waals surface area contributed by atoms with Crippen LogP contribution in [0.15, 0.2) is 48.5 Å². The fourth-order valence-corrected chi connectivity index (χ4v) is 6.32. The largest absolute Gasteiger partial charge is 0.373 e. The van der Waals surface area contributed by atoms with Gasteiger partial charge in [-0.25, -0.2) is 18.6 Å². The van der Waals surface area contributed by atoms with E-state index in [2.05, 4.69) is 0 Å². The highest BCUT2D eigenvalue weighted by Crippen LogP contribution is 2.47. The van der Waals surface area contributed by atoms with Gasteiger partial charge in [-0.05, 0) is 74.6 Å². The third kappa shape index (κ3) is 5.40. The molecule has 8 nitrogen and oxygen atoms in total. The molecule has 2 aromatic rings. The van der Waals surface area contributed by atoms with Crippen LogP contribution in [-0.2, 0) is 29.4 Å². The van der Waals surface area contributed by atoms with Crippen molar-refractivity contribution >= 4 is 18.3 Å². The number of carbonyl (C=O) groups is 3. The maximum atomic E-state index is 14.1. The summed E-state index contributed by atoms with van der Waals surface area (Å²) < 4.78 is 33.5. The van der Waals surface area contributed by atoms with Crippen molar-refractivity contribution in [2.45, 2.75) is 63.5 Å². The molecule has 4 rings (SSSR count). The average molecular weight is 544 g/mol.